The largest absolute Gasteiger partial charge is 0.355 e. The number of hydrogen-bond donors (Lipinski definition) is 1. The van der Waals surface area contributed by atoms with E-state index in [1.165, 1.54) is 23.5 Å². The molecule has 4 heterocycles. The van der Waals surface area contributed by atoms with Crippen LogP contribution in [-0.2, 0) is 20.8 Å². The molecule has 1 aromatic carbocycles. The molecule has 5 rings (SSSR count). The molecule has 3 aromatic heterocycles. The Labute approximate surface area is 230 Å². The highest BCUT2D eigenvalue weighted by Gasteiger charge is 2.25. The van der Waals surface area contributed by atoms with Crippen LogP contribution in [-0.4, -0.2) is 61.2 Å². The average molecular weight is 577 g/mol. The van der Waals surface area contributed by atoms with Gasteiger partial charge in [-0.25, -0.2) is 0 Å². The zero-order chi connectivity index (χ0) is 27.0. The highest BCUT2D eigenvalue weighted by atomic mass is 35.5. The zero-order valence-corrected chi connectivity index (χ0v) is 23.7. The first kappa shape index (κ1) is 26.9. The molecule has 1 fully saturated rings. The van der Waals surface area contributed by atoms with Crippen LogP contribution in [0.3, 0.4) is 0 Å². The number of rotatable bonds is 8. The van der Waals surface area contributed by atoms with Crippen LogP contribution in [0.1, 0.15) is 42.9 Å². The normalized spacial score (nSPS) is 15.5. The summed E-state index contributed by atoms with van der Waals surface area (Å²) in [4.78, 5) is 16.8. The Morgan fingerprint density at radius 2 is 1.97 bits per heavy atom. The number of hydrogen-bond acceptors (Lipinski definition) is 8. The standard InChI is InChI=1S/C26H29ClN4O5S2/c1-16(2)30-10-8-18(9-11-30)28-26(32)22-13-17-12-20(38(33,34)35-3)4-5-21(17)31(22)15-19-14-23(36-29-19)24-6-7-25(27)37-24/h4-7,12-14,16,18H,8-11,15H2,1-3H3,(H,28,32). The second-order valence-electron chi connectivity index (χ2n) is 9.62. The maximum atomic E-state index is 13.5. The van der Waals surface area contributed by atoms with Crippen LogP contribution < -0.4 is 5.32 Å². The summed E-state index contributed by atoms with van der Waals surface area (Å²) in [5, 5.41) is 8.00. The summed E-state index contributed by atoms with van der Waals surface area (Å²) in [5.41, 5.74) is 1.74. The Morgan fingerprint density at radius 1 is 1.21 bits per heavy atom. The summed E-state index contributed by atoms with van der Waals surface area (Å²) < 4.78 is 37.3. The van der Waals surface area contributed by atoms with E-state index in [1.54, 1.807) is 18.2 Å². The van der Waals surface area contributed by atoms with E-state index in [9.17, 15) is 13.2 Å². The van der Waals surface area contributed by atoms with Crippen molar-refractivity contribution in [2.45, 2.75) is 50.2 Å². The maximum absolute atomic E-state index is 13.5. The van der Waals surface area contributed by atoms with Gasteiger partial charge in [0.2, 0.25) is 0 Å². The molecule has 0 aliphatic carbocycles. The van der Waals surface area contributed by atoms with Crippen LogP contribution in [0, 0.1) is 0 Å². The number of thiophene rings is 1. The quantitative estimate of drug-likeness (QED) is 0.294. The maximum Gasteiger partial charge on any atom is 0.296 e. The van der Waals surface area contributed by atoms with Gasteiger partial charge in [0.1, 0.15) is 11.4 Å². The molecular formula is C26H29ClN4O5S2. The number of nitrogens with one attached hydrogen (secondary N) is 1. The molecule has 1 saturated heterocycles. The lowest BCUT2D eigenvalue weighted by Crippen LogP contribution is -2.46. The van der Waals surface area contributed by atoms with Crippen molar-refractivity contribution in [1.29, 1.82) is 0 Å². The number of carbonyl (C=O) groups is 1. The van der Waals surface area contributed by atoms with Crippen LogP contribution in [0.25, 0.3) is 21.5 Å². The van der Waals surface area contributed by atoms with Crippen molar-refractivity contribution in [2.75, 3.05) is 20.2 Å². The minimum atomic E-state index is -3.88. The molecule has 4 aromatic rings. The molecule has 0 atom stereocenters. The van der Waals surface area contributed by atoms with Gasteiger partial charge in [0, 0.05) is 42.1 Å². The van der Waals surface area contributed by atoms with Crippen molar-refractivity contribution >= 4 is 49.9 Å². The van der Waals surface area contributed by atoms with E-state index in [0.29, 0.717) is 38.4 Å². The van der Waals surface area contributed by atoms with E-state index in [4.69, 9.17) is 16.1 Å². The lowest BCUT2D eigenvalue weighted by Gasteiger charge is -2.34. The lowest BCUT2D eigenvalue weighted by atomic mass is 10.0. The highest BCUT2D eigenvalue weighted by Crippen LogP contribution is 2.32. The van der Waals surface area contributed by atoms with Crippen LogP contribution in [0.2, 0.25) is 4.34 Å². The fourth-order valence-corrected chi connectivity index (χ4v) is 6.48. The van der Waals surface area contributed by atoms with Crippen molar-refractivity contribution < 1.29 is 21.9 Å². The summed E-state index contributed by atoms with van der Waals surface area (Å²) in [7, 11) is -2.76. The second-order valence-corrected chi connectivity index (χ2v) is 13.0. The number of piperidine rings is 1. The van der Waals surface area contributed by atoms with E-state index in [-0.39, 0.29) is 23.4 Å². The topological polar surface area (TPSA) is 107 Å². The summed E-state index contributed by atoms with van der Waals surface area (Å²) in [6.07, 6.45) is 1.74. The number of carbonyl (C=O) groups excluding carboxylic acids is 1. The van der Waals surface area contributed by atoms with E-state index < -0.39 is 10.1 Å². The minimum Gasteiger partial charge on any atom is -0.355 e. The Kier molecular flexibility index (Phi) is 7.65. The summed E-state index contributed by atoms with van der Waals surface area (Å²) in [6, 6.07) is 12.4. The van der Waals surface area contributed by atoms with Crippen molar-refractivity contribution in [2.24, 2.45) is 0 Å². The molecule has 202 valence electrons. The first-order chi connectivity index (χ1) is 18.1. The van der Waals surface area contributed by atoms with Crippen LogP contribution in [0.15, 0.2) is 51.9 Å². The fraction of sp³-hybridized carbons (Fsp3) is 0.385. The third-order valence-electron chi connectivity index (χ3n) is 6.90. The third kappa shape index (κ3) is 5.52. The number of aromatic nitrogens is 2. The smallest absolute Gasteiger partial charge is 0.296 e. The molecule has 0 bridgehead atoms. The molecule has 0 saturated carbocycles. The number of amides is 1. The number of nitrogens with zero attached hydrogens (tertiary/aromatic N) is 3. The Bertz CT molecular complexity index is 1570. The van der Waals surface area contributed by atoms with Gasteiger partial charge in [0.15, 0.2) is 5.76 Å². The Morgan fingerprint density at radius 3 is 2.63 bits per heavy atom. The lowest BCUT2D eigenvalue weighted by molar-refractivity contribution is 0.0892. The third-order valence-corrected chi connectivity index (χ3v) is 9.42. The Hall–Kier alpha value is -2.70. The van der Waals surface area contributed by atoms with E-state index in [1.807, 2.05) is 16.7 Å². The highest BCUT2D eigenvalue weighted by molar-refractivity contribution is 7.86. The van der Waals surface area contributed by atoms with Gasteiger partial charge in [-0.2, -0.15) is 8.42 Å². The molecule has 0 spiro atoms. The van der Waals surface area contributed by atoms with Crippen LogP contribution in [0.5, 0.6) is 0 Å². The van der Waals surface area contributed by atoms with E-state index >= 15 is 0 Å². The average Bonchev–Trinajstić information content (AvgIpc) is 3.63. The van der Waals surface area contributed by atoms with E-state index in [0.717, 1.165) is 37.9 Å². The number of fused-ring (bicyclic) bond motifs is 1. The second kappa shape index (κ2) is 10.8. The molecule has 1 N–H and O–H groups in total. The monoisotopic (exact) mass is 576 g/mol. The first-order valence-electron chi connectivity index (χ1n) is 12.3. The minimum absolute atomic E-state index is 0.0240. The van der Waals surface area contributed by atoms with Crippen molar-refractivity contribution in [1.82, 2.24) is 19.9 Å². The van der Waals surface area contributed by atoms with Gasteiger partial charge in [0.25, 0.3) is 16.0 Å². The first-order valence-corrected chi connectivity index (χ1v) is 14.9. The zero-order valence-electron chi connectivity index (χ0n) is 21.3. The van der Waals surface area contributed by atoms with Crippen molar-refractivity contribution in [3.63, 3.8) is 0 Å². The molecule has 1 amide bonds. The van der Waals surface area contributed by atoms with Gasteiger partial charge in [-0.05, 0) is 63.1 Å². The molecule has 12 heteroatoms. The molecule has 1 aliphatic heterocycles. The fourth-order valence-electron chi connectivity index (χ4n) is 4.79. The predicted octanol–water partition coefficient (Wildman–Crippen LogP) is 5.00. The SMILES string of the molecule is COS(=O)(=O)c1ccc2c(c1)cc(C(=O)NC1CCN(C(C)C)CC1)n2Cc1cc(-c2ccc(Cl)s2)on1. The molecule has 1 aliphatic rings. The van der Waals surface area contributed by atoms with Crippen molar-refractivity contribution in [3.8, 4) is 10.6 Å². The molecule has 9 nitrogen and oxygen atoms in total. The summed E-state index contributed by atoms with van der Waals surface area (Å²) >= 11 is 7.45. The number of likely N-dealkylation sites (tertiary alicyclic amines) is 1. The Balaban J connectivity index is 1.47. The van der Waals surface area contributed by atoms with E-state index in [2.05, 4.69) is 33.4 Å². The number of halogens is 1. The molecule has 38 heavy (non-hydrogen) atoms. The predicted molar refractivity (Wildman–Crippen MR) is 147 cm³/mol. The van der Waals surface area contributed by atoms with Gasteiger partial charge < -0.3 is 19.3 Å². The van der Waals surface area contributed by atoms with Gasteiger partial charge in [-0.15, -0.1) is 11.3 Å². The summed E-state index contributed by atoms with van der Waals surface area (Å²) in [6.45, 7) is 6.48. The molecular weight excluding hydrogens is 548 g/mol. The van der Waals surface area contributed by atoms with Crippen LogP contribution in [0.4, 0.5) is 0 Å². The van der Waals surface area contributed by atoms with Gasteiger partial charge in [-0.3, -0.25) is 8.98 Å². The van der Waals surface area contributed by atoms with Crippen LogP contribution >= 0.6 is 22.9 Å². The van der Waals surface area contributed by atoms with Gasteiger partial charge in [-0.1, -0.05) is 16.8 Å². The number of benzene rings is 1. The van der Waals surface area contributed by atoms with Gasteiger partial charge >= 0.3 is 0 Å². The molecule has 0 unspecified atom stereocenters. The molecule has 0 radical (unpaired) electrons. The van der Waals surface area contributed by atoms with Crippen molar-refractivity contribution in [3.05, 3.63) is 58.2 Å². The summed E-state index contributed by atoms with van der Waals surface area (Å²) in [5.74, 6) is 0.374. The van der Waals surface area contributed by atoms with Gasteiger partial charge in [0.05, 0.1) is 27.8 Å².